The molecule has 9 heteroatoms. The second kappa shape index (κ2) is 15.8. The second-order valence-corrected chi connectivity index (χ2v) is 11.3. The SMILES string of the molecule is COC(CN(C)C(=O)C1CCN(C(=O)CCN2CCC(OC(=O)Cc3ccccc3-c3ccccc3)CC2)CC1)OC. The standard InChI is InChI=1S/C33H45N3O6/c1-34(24-32(40-2)41-3)33(39)26-13-21-36(22-14-26)30(37)17-20-35-18-15-28(16-19-35)42-31(38)23-27-11-7-8-12-29(27)25-9-5-4-6-10-25/h4-12,26,28,32H,13-24H2,1-3H3. The van der Waals surface area contributed by atoms with Gasteiger partial charge in [0.2, 0.25) is 11.8 Å². The summed E-state index contributed by atoms with van der Waals surface area (Å²) in [5.41, 5.74) is 3.11. The molecule has 2 saturated heterocycles. The van der Waals surface area contributed by atoms with Crippen LogP contribution >= 0.6 is 0 Å². The zero-order valence-corrected chi connectivity index (χ0v) is 25.2. The first-order valence-corrected chi connectivity index (χ1v) is 15.0. The highest BCUT2D eigenvalue weighted by Crippen LogP contribution is 2.25. The molecule has 9 nitrogen and oxygen atoms in total. The first-order valence-electron chi connectivity index (χ1n) is 15.0. The molecule has 2 amide bonds. The molecule has 228 valence electrons. The summed E-state index contributed by atoms with van der Waals surface area (Å²) in [6, 6.07) is 18.1. The van der Waals surface area contributed by atoms with Crippen LogP contribution in [-0.2, 0) is 35.0 Å². The molecule has 0 aliphatic carbocycles. The number of ether oxygens (including phenoxy) is 3. The third-order valence-corrected chi connectivity index (χ3v) is 8.43. The van der Waals surface area contributed by atoms with Gasteiger partial charge in [-0.2, -0.15) is 0 Å². The van der Waals surface area contributed by atoms with Gasteiger partial charge in [-0.1, -0.05) is 54.6 Å². The summed E-state index contributed by atoms with van der Waals surface area (Å²) >= 11 is 0. The van der Waals surface area contributed by atoms with E-state index in [1.54, 1.807) is 26.2 Å². The number of carbonyl (C=O) groups is 3. The van der Waals surface area contributed by atoms with E-state index in [0.29, 0.717) is 45.4 Å². The second-order valence-electron chi connectivity index (χ2n) is 11.3. The maximum Gasteiger partial charge on any atom is 0.310 e. The van der Waals surface area contributed by atoms with E-state index in [2.05, 4.69) is 17.0 Å². The fourth-order valence-corrected chi connectivity index (χ4v) is 5.87. The Morgan fingerprint density at radius 1 is 0.881 bits per heavy atom. The van der Waals surface area contributed by atoms with Crippen LogP contribution in [0.5, 0.6) is 0 Å². The summed E-state index contributed by atoms with van der Waals surface area (Å²) in [6.07, 6.45) is 3.06. The smallest absolute Gasteiger partial charge is 0.310 e. The number of hydrogen-bond acceptors (Lipinski definition) is 7. The van der Waals surface area contributed by atoms with Crippen molar-refractivity contribution in [3.63, 3.8) is 0 Å². The lowest BCUT2D eigenvalue weighted by Gasteiger charge is -2.35. The summed E-state index contributed by atoms with van der Waals surface area (Å²) in [4.78, 5) is 44.3. The van der Waals surface area contributed by atoms with Crippen LogP contribution in [0.4, 0.5) is 0 Å². The van der Waals surface area contributed by atoms with Crippen molar-refractivity contribution in [2.24, 2.45) is 5.92 Å². The fraction of sp³-hybridized carbons (Fsp3) is 0.545. The van der Waals surface area contributed by atoms with E-state index in [-0.39, 0.29) is 36.2 Å². The molecule has 2 aliphatic rings. The molecule has 0 aromatic heterocycles. The van der Waals surface area contributed by atoms with Crippen molar-refractivity contribution in [3.8, 4) is 11.1 Å². The lowest BCUT2D eigenvalue weighted by Crippen LogP contribution is -2.46. The topological polar surface area (TPSA) is 88.6 Å². The Balaban J connectivity index is 1.14. The van der Waals surface area contributed by atoms with Gasteiger partial charge in [-0.25, -0.2) is 0 Å². The molecule has 2 fully saturated rings. The summed E-state index contributed by atoms with van der Waals surface area (Å²) in [7, 11) is 4.88. The number of carbonyl (C=O) groups excluding carboxylic acids is 3. The number of amides is 2. The zero-order valence-electron chi connectivity index (χ0n) is 25.2. The maximum atomic E-state index is 12.9. The number of piperidine rings is 2. The van der Waals surface area contributed by atoms with Crippen molar-refractivity contribution in [2.45, 2.75) is 50.9 Å². The Hall–Kier alpha value is -3.27. The van der Waals surface area contributed by atoms with Crippen LogP contribution in [0.1, 0.15) is 37.7 Å². The maximum absolute atomic E-state index is 12.9. The molecular formula is C33H45N3O6. The number of benzene rings is 2. The lowest BCUT2D eigenvalue weighted by molar-refractivity contribution is -0.150. The van der Waals surface area contributed by atoms with Gasteiger partial charge in [0.1, 0.15) is 6.10 Å². The molecule has 0 N–H and O–H groups in total. The van der Waals surface area contributed by atoms with Gasteiger partial charge >= 0.3 is 5.97 Å². The zero-order chi connectivity index (χ0) is 29.9. The van der Waals surface area contributed by atoms with Crippen LogP contribution in [0.2, 0.25) is 0 Å². The minimum atomic E-state index is -0.444. The van der Waals surface area contributed by atoms with Gasteiger partial charge in [-0.15, -0.1) is 0 Å². The molecule has 4 rings (SSSR count). The Morgan fingerprint density at radius 2 is 1.52 bits per heavy atom. The molecule has 42 heavy (non-hydrogen) atoms. The van der Waals surface area contributed by atoms with Crippen LogP contribution in [0.15, 0.2) is 54.6 Å². The Labute approximate surface area is 249 Å². The third kappa shape index (κ3) is 8.86. The van der Waals surface area contributed by atoms with E-state index in [0.717, 1.165) is 42.6 Å². The fourth-order valence-electron chi connectivity index (χ4n) is 5.87. The number of rotatable bonds is 12. The predicted molar refractivity (Wildman–Crippen MR) is 160 cm³/mol. The number of likely N-dealkylation sites (tertiary alicyclic amines) is 2. The predicted octanol–water partition coefficient (Wildman–Crippen LogP) is 3.61. The van der Waals surface area contributed by atoms with Gasteiger partial charge in [0.15, 0.2) is 6.29 Å². The quantitative estimate of drug-likeness (QED) is 0.280. The molecule has 0 bridgehead atoms. The number of nitrogens with zero attached hydrogens (tertiary/aromatic N) is 3. The first-order chi connectivity index (χ1) is 20.4. The van der Waals surface area contributed by atoms with Gasteiger partial charge in [-0.05, 0) is 42.4 Å². The largest absolute Gasteiger partial charge is 0.462 e. The normalized spacial score (nSPS) is 16.9. The molecule has 0 radical (unpaired) electrons. The average molecular weight is 580 g/mol. The van der Waals surface area contributed by atoms with E-state index in [9.17, 15) is 14.4 Å². The Bertz CT molecular complexity index is 1160. The van der Waals surface area contributed by atoms with Gasteiger partial charge in [0.05, 0.1) is 13.0 Å². The van der Waals surface area contributed by atoms with Crippen molar-refractivity contribution >= 4 is 17.8 Å². The first kappa shape index (κ1) is 31.7. The van der Waals surface area contributed by atoms with Crippen LogP contribution in [0.3, 0.4) is 0 Å². The molecule has 2 aliphatic heterocycles. The highest BCUT2D eigenvalue weighted by Gasteiger charge is 2.30. The summed E-state index contributed by atoms with van der Waals surface area (Å²) in [5, 5.41) is 0. The van der Waals surface area contributed by atoms with Crippen LogP contribution in [-0.4, -0.2) is 105 Å². The molecular weight excluding hydrogens is 534 g/mol. The van der Waals surface area contributed by atoms with Gasteiger partial charge in [-0.3, -0.25) is 14.4 Å². The van der Waals surface area contributed by atoms with Crippen LogP contribution in [0.25, 0.3) is 11.1 Å². The van der Waals surface area contributed by atoms with Gasteiger partial charge in [0, 0.05) is 66.3 Å². The van der Waals surface area contributed by atoms with E-state index >= 15 is 0 Å². The molecule has 2 aromatic rings. The monoisotopic (exact) mass is 579 g/mol. The van der Waals surface area contributed by atoms with E-state index in [1.165, 1.54) is 0 Å². The minimum Gasteiger partial charge on any atom is -0.462 e. The molecule has 0 saturated carbocycles. The van der Waals surface area contributed by atoms with E-state index in [1.807, 2.05) is 47.4 Å². The molecule has 2 aromatic carbocycles. The number of esters is 1. The highest BCUT2D eigenvalue weighted by molar-refractivity contribution is 5.80. The van der Waals surface area contributed by atoms with Crippen molar-refractivity contribution in [1.82, 2.24) is 14.7 Å². The Morgan fingerprint density at radius 3 is 2.19 bits per heavy atom. The average Bonchev–Trinajstić information content (AvgIpc) is 3.03. The summed E-state index contributed by atoms with van der Waals surface area (Å²) < 4.78 is 16.3. The van der Waals surface area contributed by atoms with Crippen LogP contribution in [0, 0.1) is 5.92 Å². The highest BCUT2D eigenvalue weighted by atomic mass is 16.7. The minimum absolute atomic E-state index is 0.0742. The number of hydrogen-bond donors (Lipinski definition) is 0. The van der Waals surface area contributed by atoms with E-state index in [4.69, 9.17) is 14.2 Å². The van der Waals surface area contributed by atoms with Gasteiger partial charge < -0.3 is 28.9 Å². The molecule has 0 spiro atoms. The van der Waals surface area contributed by atoms with Crippen LogP contribution < -0.4 is 0 Å². The Kier molecular flexibility index (Phi) is 11.9. The molecule has 0 atom stereocenters. The molecule has 2 heterocycles. The van der Waals surface area contributed by atoms with Gasteiger partial charge in [0.25, 0.3) is 0 Å². The van der Waals surface area contributed by atoms with Crippen molar-refractivity contribution < 1.29 is 28.6 Å². The number of methoxy groups -OCH3 is 2. The van der Waals surface area contributed by atoms with Crippen molar-refractivity contribution in [2.75, 3.05) is 60.5 Å². The van der Waals surface area contributed by atoms with Crippen molar-refractivity contribution in [3.05, 3.63) is 60.2 Å². The number of likely N-dealkylation sites (N-methyl/N-ethyl adjacent to an activating group) is 1. The van der Waals surface area contributed by atoms with Crippen molar-refractivity contribution in [1.29, 1.82) is 0 Å². The summed E-state index contributed by atoms with van der Waals surface area (Å²) in [5.74, 6) is -0.0665. The summed E-state index contributed by atoms with van der Waals surface area (Å²) in [6.45, 7) is 3.89. The molecule has 0 unspecified atom stereocenters. The lowest BCUT2D eigenvalue weighted by atomic mass is 9.95. The third-order valence-electron chi connectivity index (χ3n) is 8.43. The van der Waals surface area contributed by atoms with E-state index < -0.39 is 6.29 Å².